The second-order valence-corrected chi connectivity index (χ2v) is 7.84. The van der Waals surface area contributed by atoms with Crippen molar-refractivity contribution >= 4 is 9.84 Å². The Bertz CT molecular complexity index is 416. The summed E-state index contributed by atoms with van der Waals surface area (Å²) < 4.78 is 30.0. The Morgan fingerprint density at radius 2 is 2.26 bits per heavy atom. The van der Waals surface area contributed by atoms with Crippen LogP contribution in [0.4, 0.5) is 0 Å². The molecule has 0 aromatic heterocycles. The third kappa shape index (κ3) is 3.72. The van der Waals surface area contributed by atoms with Crippen molar-refractivity contribution < 1.29 is 13.2 Å². The van der Waals surface area contributed by atoms with Crippen LogP contribution in [0.1, 0.15) is 45.4 Å². The predicted octanol–water partition coefficient (Wildman–Crippen LogP) is 2.02. The first-order valence-corrected chi connectivity index (χ1v) is 9.12. The maximum Gasteiger partial charge on any atom is 0.155 e. The van der Waals surface area contributed by atoms with E-state index in [1.165, 1.54) is 0 Å². The molecule has 0 bridgehead atoms. The van der Waals surface area contributed by atoms with E-state index in [9.17, 15) is 8.42 Å². The first-order chi connectivity index (χ1) is 9.15. The number of hydrogen-bond acceptors (Lipinski definition) is 4. The maximum atomic E-state index is 12.3. The van der Waals surface area contributed by atoms with Gasteiger partial charge in [-0.1, -0.05) is 13.3 Å². The molecule has 1 saturated heterocycles. The van der Waals surface area contributed by atoms with Crippen LogP contribution < -0.4 is 5.32 Å². The Morgan fingerprint density at radius 3 is 2.89 bits per heavy atom. The van der Waals surface area contributed by atoms with Gasteiger partial charge in [-0.05, 0) is 44.2 Å². The van der Waals surface area contributed by atoms with Gasteiger partial charge < -0.3 is 10.1 Å². The van der Waals surface area contributed by atoms with Crippen LogP contribution in [0.25, 0.3) is 0 Å². The van der Waals surface area contributed by atoms with Gasteiger partial charge >= 0.3 is 0 Å². The lowest BCUT2D eigenvalue weighted by Gasteiger charge is -2.33. The molecule has 0 aliphatic carbocycles. The van der Waals surface area contributed by atoms with Gasteiger partial charge in [0.15, 0.2) is 9.84 Å². The molecule has 5 heteroatoms. The number of sulfone groups is 1. The van der Waals surface area contributed by atoms with Gasteiger partial charge in [0, 0.05) is 6.04 Å². The van der Waals surface area contributed by atoms with Crippen LogP contribution in [-0.4, -0.2) is 38.6 Å². The molecule has 0 aromatic carbocycles. The molecular weight excluding hydrogens is 262 g/mol. The summed E-state index contributed by atoms with van der Waals surface area (Å²) in [5, 5.41) is 3.17. The highest BCUT2D eigenvalue weighted by atomic mass is 32.2. The summed E-state index contributed by atoms with van der Waals surface area (Å²) in [5.74, 6) is 0.343. The molecule has 2 rings (SSSR count). The van der Waals surface area contributed by atoms with Crippen molar-refractivity contribution in [3.8, 4) is 0 Å². The number of ether oxygens (including phenoxy) is 1. The standard InChI is InChI=1S/C14H25NO3S/c1-2-8-15-14(12-6-5-9-18-11-12)13-7-3-4-10-19(13,16)17/h11,13-15H,2-10H2,1H3. The normalized spacial score (nSPS) is 28.3. The zero-order valence-electron chi connectivity index (χ0n) is 11.7. The van der Waals surface area contributed by atoms with Gasteiger partial charge in [0.2, 0.25) is 0 Å². The highest BCUT2D eigenvalue weighted by molar-refractivity contribution is 7.92. The van der Waals surface area contributed by atoms with Gasteiger partial charge in [-0.2, -0.15) is 0 Å². The van der Waals surface area contributed by atoms with Crippen molar-refractivity contribution in [2.45, 2.75) is 56.7 Å². The van der Waals surface area contributed by atoms with Crippen molar-refractivity contribution in [2.75, 3.05) is 18.9 Å². The SMILES string of the molecule is CCCNC(C1=COCCC1)C1CCCCS1(=O)=O. The van der Waals surface area contributed by atoms with Gasteiger partial charge in [0.05, 0.1) is 23.9 Å². The predicted molar refractivity (Wildman–Crippen MR) is 76.8 cm³/mol. The Labute approximate surface area is 116 Å². The third-order valence-corrected chi connectivity index (χ3v) is 6.26. The monoisotopic (exact) mass is 287 g/mol. The summed E-state index contributed by atoms with van der Waals surface area (Å²) in [7, 11) is -2.96. The quantitative estimate of drug-likeness (QED) is 0.840. The molecule has 0 spiro atoms. The molecule has 0 radical (unpaired) electrons. The largest absolute Gasteiger partial charge is 0.501 e. The first-order valence-electron chi connectivity index (χ1n) is 7.40. The molecule has 19 heavy (non-hydrogen) atoms. The lowest BCUT2D eigenvalue weighted by Crippen LogP contribution is -2.48. The lowest BCUT2D eigenvalue weighted by atomic mass is 9.96. The van der Waals surface area contributed by atoms with E-state index in [0.717, 1.165) is 57.2 Å². The molecule has 110 valence electrons. The van der Waals surface area contributed by atoms with E-state index < -0.39 is 9.84 Å². The molecule has 0 amide bonds. The fourth-order valence-electron chi connectivity index (χ4n) is 2.97. The smallest absolute Gasteiger partial charge is 0.155 e. The molecule has 1 N–H and O–H groups in total. The van der Waals surface area contributed by atoms with Crippen molar-refractivity contribution in [3.05, 3.63) is 11.8 Å². The van der Waals surface area contributed by atoms with Gasteiger partial charge in [0.25, 0.3) is 0 Å². The third-order valence-electron chi connectivity index (χ3n) is 3.98. The second kappa shape index (κ2) is 6.75. The fourth-order valence-corrected chi connectivity index (χ4v) is 5.09. The minimum Gasteiger partial charge on any atom is -0.501 e. The molecule has 0 aromatic rings. The Hall–Kier alpha value is -0.550. The van der Waals surface area contributed by atoms with Crippen molar-refractivity contribution in [2.24, 2.45) is 0 Å². The number of nitrogens with one attached hydrogen (secondary N) is 1. The van der Waals surface area contributed by atoms with Gasteiger partial charge in [0.1, 0.15) is 0 Å². The van der Waals surface area contributed by atoms with Crippen LogP contribution in [0.2, 0.25) is 0 Å². The van der Waals surface area contributed by atoms with Crippen LogP contribution in [0.3, 0.4) is 0 Å². The van der Waals surface area contributed by atoms with Crippen molar-refractivity contribution in [1.29, 1.82) is 0 Å². The number of rotatable bonds is 5. The molecule has 1 fully saturated rings. The van der Waals surface area contributed by atoms with Gasteiger partial charge in [-0.15, -0.1) is 0 Å². The van der Waals surface area contributed by atoms with E-state index >= 15 is 0 Å². The summed E-state index contributed by atoms with van der Waals surface area (Å²) in [6.07, 6.45) is 7.35. The van der Waals surface area contributed by atoms with E-state index in [0.29, 0.717) is 5.75 Å². The van der Waals surface area contributed by atoms with Gasteiger partial charge in [-0.25, -0.2) is 8.42 Å². The Balaban J connectivity index is 2.18. The average molecular weight is 287 g/mol. The highest BCUT2D eigenvalue weighted by Gasteiger charge is 2.37. The minimum atomic E-state index is -2.96. The van der Waals surface area contributed by atoms with E-state index in [1.54, 1.807) is 6.26 Å². The van der Waals surface area contributed by atoms with Crippen LogP contribution in [0.5, 0.6) is 0 Å². The van der Waals surface area contributed by atoms with E-state index in [1.807, 2.05) is 0 Å². The summed E-state index contributed by atoms with van der Waals surface area (Å²) >= 11 is 0. The molecule has 2 aliphatic rings. The molecule has 2 unspecified atom stereocenters. The summed E-state index contributed by atoms with van der Waals surface area (Å²) in [6, 6.07) is -0.0504. The van der Waals surface area contributed by atoms with Crippen molar-refractivity contribution in [3.63, 3.8) is 0 Å². The summed E-state index contributed by atoms with van der Waals surface area (Å²) in [4.78, 5) is 0. The van der Waals surface area contributed by atoms with E-state index in [2.05, 4.69) is 12.2 Å². The van der Waals surface area contributed by atoms with Crippen LogP contribution in [0, 0.1) is 0 Å². The lowest BCUT2D eigenvalue weighted by molar-refractivity contribution is 0.218. The minimum absolute atomic E-state index is 0.0504. The molecule has 2 atom stereocenters. The Kier molecular flexibility index (Phi) is 5.28. The molecular formula is C14H25NO3S. The Morgan fingerprint density at radius 1 is 1.42 bits per heavy atom. The maximum absolute atomic E-state index is 12.3. The second-order valence-electron chi connectivity index (χ2n) is 5.50. The van der Waals surface area contributed by atoms with E-state index in [4.69, 9.17) is 4.74 Å². The molecule has 0 saturated carbocycles. The summed E-state index contributed by atoms with van der Waals surface area (Å²) in [6.45, 7) is 3.71. The van der Waals surface area contributed by atoms with Gasteiger partial charge in [-0.3, -0.25) is 0 Å². The zero-order chi connectivity index (χ0) is 13.7. The molecule has 2 heterocycles. The van der Waals surface area contributed by atoms with Crippen LogP contribution >= 0.6 is 0 Å². The molecule has 4 nitrogen and oxygen atoms in total. The average Bonchev–Trinajstić information content (AvgIpc) is 2.42. The zero-order valence-corrected chi connectivity index (χ0v) is 12.5. The van der Waals surface area contributed by atoms with Crippen LogP contribution in [-0.2, 0) is 14.6 Å². The first kappa shape index (κ1) is 14.9. The summed E-state index contributed by atoms with van der Waals surface area (Å²) in [5.41, 5.74) is 1.13. The van der Waals surface area contributed by atoms with E-state index in [-0.39, 0.29) is 11.3 Å². The fraction of sp³-hybridized carbons (Fsp3) is 0.857. The van der Waals surface area contributed by atoms with Crippen LogP contribution in [0.15, 0.2) is 11.8 Å². The topological polar surface area (TPSA) is 55.4 Å². The number of hydrogen-bond donors (Lipinski definition) is 1. The molecule has 2 aliphatic heterocycles. The highest BCUT2D eigenvalue weighted by Crippen LogP contribution is 2.28. The van der Waals surface area contributed by atoms with Crippen molar-refractivity contribution in [1.82, 2.24) is 5.32 Å².